The summed E-state index contributed by atoms with van der Waals surface area (Å²) >= 11 is 1.98. The molecule has 1 nitrogen and oxygen atoms in total. The van der Waals surface area contributed by atoms with Gasteiger partial charge in [-0.2, -0.15) is 0 Å². The molecule has 0 amide bonds. The molecule has 0 aliphatic heterocycles. The van der Waals surface area contributed by atoms with Gasteiger partial charge >= 0.3 is 0 Å². The van der Waals surface area contributed by atoms with Crippen LogP contribution in [0.3, 0.4) is 0 Å². The van der Waals surface area contributed by atoms with E-state index in [4.69, 9.17) is 0 Å². The lowest BCUT2D eigenvalue weighted by Gasteiger charge is -2.37. The summed E-state index contributed by atoms with van der Waals surface area (Å²) in [5.41, 5.74) is 1.60. The molecule has 21 heavy (non-hydrogen) atoms. The summed E-state index contributed by atoms with van der Waals surface area (Å²) in [6, 6.07) is 11.2. The van der Waals surface area contributed by atoms with Gasteiger partial charge in [-0.1, -0.05) is 49.1 Å². The third-order valence-corrected chi connectivity index (χ3v) is 5.88. The molecule has 1 aliphatic rings. The van der Waals surface area contributed by atoms with E-state index in [2.05, 4.69) is 55.6 Å². The first-order valence-corrected chi connectivity index (χ1v) is 8.89. The van der Waals surface area contributed by atoms with Crippen LogP contribution in [0, 0.1) is 0 Å². The van der Waals surface area contributed by atoms with Gasteiger partial charge in [-0.25, -0.2) is 0 Å². The van der Waals surface area contributed by atoms with Crippen LogP contribution < -0.4 is 5.32 Å². The molecule has 0 bridgehead atoms. The lowest BCUT2D eigenvalue weighted by atomic mass is 9.80. The summed E-state index contributed by atoms with van der Waals surface area (Å²) in [5.74, 6) is 0. The first kappa shape index (κ1) is 14.8. The topological polar surface area (TPSA) is 12.0 Å². The van der Waals surface area contributed by atoms with Gasteiger partial charge in [0.1, 0.15) is 0 Å². The first-order valence-electron chi connectivity index (χ1n) is 8.07. The molecule has 0 radical (unpaired) electrons. The van der Waals surface area contributed by atoms with Crippen molar-refractivity contribution in [3.8, 4) is 0 Å². The first-order chi connectivity index (χ1) is 10.2. The number of thiophene rings is 1. The molecule has 112 valence electrons. The fraction of sp³-hybridized carbons (Fsp3) is 0.474. The van der Waals surface area contributed by atoms with Crippen LogP contribution in [0.1, 0.15) is 50.8 Å². The minimum Gasteiger partial charge on any atom is -0.303 e. The SMILES string of the molecule is CC(C)=CCNC1(c2cc3ccccc3s2)CCCCC1. The molecule has 0 spiro atoms. The Balaban J connectivity index is 1.92. The van der Waals surface area contributed by atoms with E-state index in [0.29, 0.717) is 0 Å². The van der Waals surface area contributed by atoms with Gasteiger partial charge in [0.25, 0.3) is 0 Å². The van der Waals surface area contributed by atoms with E-state index in [1.807, 2.05) is 11.3 Å². The Morgan fingerprint density at radius 1 is 1.19 bits per heavy atom. The second-order valence-corrected chi connectivity index (χ2v) is 7.54. The second kappa shape index (κ2) is 6.33. The summed E-state index contributed by atoms with van der Waals surface area (Å²) in [6.07, 6.45) is 8.93. The van der Waals surface area contributed by atoms with Crippen molar-refractivity contribution in [2.45, 2.75) is 51.5 Å². The van der Waals surface area contributed by atoms with Gasteiger partial charge in [-0.15, -0.1) is 11.3 Å². The van der Waals surface area contributed by atoms with Gasteiger partial charge in [-0.3, -0.25) is 0 Å². The van der Waals surface area contributed by atoms with Crippen LogP contribution in [0.25, 0.3) is 10.1 Å². The highest BCUT2D eigenvalue weighted by molar-refractivity contribution is 7.19. The van der Waals surface area contributed by atoms with Gasteiger partial charge in [0.05, 0.1) is 5.54 Å². The fourth-order valence-corrected chi connectivity index (χ4v) is 4.62. The van der Waals surface area contributed by atoms with E-state index in [1.54, 1.807) is 0 Å². The average molecular weight is 299 g/mol. The van der Waals surface area contributed by atoms with E-state index in [0.717, 1.165) is 6.54 Å². The number of fused-ring (bicyclic) bond motifs is 1. The summed E-state index contributed by atoms with van der Waals surface area (Å²) in [4.78, 5) is 1.53. The largest absolute Gasteiger partial charge is 0.303 e. The van der Waals surface area contributed by atoms with Gasteiger partial charge in [0, 0.05) is 16.1 Å². The van der Waals surface area contributed by atoms with Gasteiger partial charge < -0.3 is 5.32 Å². The highest BCUT2D eigenvalue weighted by atomic mass is 32.1. The summed E-state index contributed by atoms with van der Waals surface area (Å²) in [5, 5.41) is 5.27. The van der Waals surface area contributed by atoms with Crippen molar-refractivity contribution in [3.63, 3.8) is 0 Å². The molecule has 0 saturated heterocycles. The van der Waals surface area contributed by atoms with Crippen LogP contribution in [-0.4, -0.2) is 6.54 Å². The van der Waals surface area contributed by atoms with Crippen molar-refractivity contribution in [1.29, 1.82) is 0 Å². The normalized spacial score (nSPS) is 17.8. The third kappa shape index (κ3) is 3.22. The van der Waals surface area contributed by atoms with Crippen LogP contribution in [-0.2, 0) is 5.54 Å². The lowest BCUT2D eigenvalue weighted by Crippen LogP contribution is -2.43. The molecule has 1 saturated carbocycles. The van der Waals surface area contributed by atoms with Crippen molar-refractivity contribution in [1.82, 2.24) is 5.32 Å². The Labute approximate surface area is 132 Å². The zero-order chi connectivity index (χ0) is 14.7. The molecule has 1 aliphatic carbocycles. The van der Waals surface area contributed by atoms with E-state index >= 15 is 0 Å². The zero-order valence-electron chi connectivity index (χ0n) is 13.1. The van der Waals surface area contributed by atoms with Crippen molar-refractivity contribution >= 4 is 21.4 Å². The van der Waals surface area contributed by atoms with Crippen LogP contribution in [0.15, 0.2) is 42.0 Å². The van der Waals surface area contributed by atoms with E-state index < -0.39 is 0 Å². The third-order valence-electron chi connectivity index (χ3n) is 4.56. The fourth-order valence-electron chi connectivity index (χ4n) is 3.33. The number of hydrogen-bond acceptors (Lipinski definition) is 2. The molecule has 0 unspecified atom stereocenters. The zero-order valence-corrected chi connectivity index (χ0v) is 13.9. The molecule has 0 atom stereocenters. The predicted molar refractivity (Wildman–Crippen MR) is 94.0 cm³/mol. The molecule has 1 aromatic heterocycles. The Morgan fingerprint density at radius 3 is 2.67 bits per heavy atom. The molecule has 2 heteroatoms. The van der Waals surface area contributed by atoms with E-state index in [9.17, 15) is 0 Å². The maximum atomic E-state index is 3.88. The number of allylic oxidation sites excluding steroid dienone is 1. The Morgan fingerprint density at radius 2 is 1.95 bits per heavy atom. The number of benzene rings is 1. The lowest BCUT2D eigenvalue weighted by molar-refractivity contribution is 0.247. The molecule has 1 N–H and O–H groups in total. The molecule has 1 fully saturated rings. The molecular weight excluding hydrogens is 274 g/mol. The molecule has 1 aromatic carbocycles. The number of rotatable bonds is 4. The minimum atomic E-state index is 0.202. The number of nitrogens with one attached hydrogen (secondary N) is 1. The Bertz CT molecular complexity index is 595. The van der Waals surface area contributed by atoms with Gasteiger partial charge in [-0.05, 0) is 44.2 Å². The standard InChI is InChI=1S/C19H25NS/c1-15(2)10-13-20-19(11-6-3-7-12-19)18-14-16-8-4-5-9-17(16)21-18/h4-5,8-10,14,20H,3,6-7,11-13H2,1-2H3. The summed E-state index contributed by atoms with van der Waals surface area (Å²) < 4.78 is 1.42. The molecule has 3 rings (SSSR count). The van der Waals surface area contributed by atoms with Crippen LogP contribution >= 0.6 is 11.3 Å². The van der Waals surface area contributed by atoms with Gasteiger partial charge in [0.2, 0.25) is 0 Å². The molecule has 2 aromatic rings. The van der Waals surface area contributed by atoms with Gasteiger partial charge in [0.15, 0.2) is 0 Å². The quantitative estimate of drug-likeness (QED) is 0.723. The second-order valence-electron chi connectivity index (χ2n) is 6.45. The van der Waals surface area contributed by atoms with E-state index in [-0.39, 0.29) is 5.54 Å². The average Bonchev–Trinajstić information content (AvgIpc) is 2.92. The van der Waals surface area contributed by atoms with Crippen molar-refractivity contribution in [2.75, 3.05) is 6.54 Å². The van der Waals surface area contributed by atoms with Crippen molar-refractivity contribution in [2.24, 2.45) is 0 Å². The smallest absolute Gasteiger partial charge is 0.0531 e. The van der Waals surface area contributed by atoms with Crippen LogP contribution in [0.4, 0.5) is 0 Å². The van der Waals surface area contributed by atoms with Crippen LogP contribution in [0.5, 0.6) is 0 Å². The summed E-state index contributed by atoms with van der Waals surface area (Å²) in [7, 11) is 0. The number of hydrogen-bond donors (Lipinski definition) is 1. The monoisotopic (exact) mass is 299 g/mol. The minimum absolute atomic E-state index is 0.202. The highest BCUT2D eigenvalue weighted by Crippen LogP contribution is 2.42. The highest BCUT2D eigenvalue weighted by Gasteiger charge is 2.34. The Kier molecular flexibility index (Phi) is 4.46. The molecule has 1 heterocycles. The Hall–Kier alpha value is -1.12. The summed E-state index contributed by atoms with van der Waals surface area (Å²) in [6.45, 7) is 5.33. The molecular formula is C19H25NS. The predicted octanol–water partition coefficient (Wildman–Crippen LogP) is 5.62. The van der Waals surface area contributed by atoms with Crippen LogP contribution in [0.2, 0.25) is 0 Å². The maximum Gasteiger partial charge on any atom is 0.0531 e. The van der Waals surface area contributed by atoms with Crippen molar-refractivity contribution in [3.05, 3.63) is 46.9 Å². The van der Waals surface area contributed by atoms with Crippen molar-refractivity contribution < 1.29 is 0 Å². The maximum absolute atomic E-state index is 3.88. The van der Waals surface area contributed by atoms with E-state index in [1.165, 1.54) is 52.6 Å².